The topological polar surface area (TPSA) is 3.24 Å². The van der Waals surface area contributed by atoms with Gasteiger partial charge in [-0.05, 0) is 51.1 Å². The number of rotatable bonds is 3. The van der Waals surface area contributed by atoms with Crippen LogP contribution in [0.4, 0.5) is 0 Å². The van der Waals surface area contributed by atoms with Gasteiger partial charge < -0.3 is 0 Å². The highest BCUT2D eigenvalue weighted by molar-refractivity contribution is 5.22. The highest BCUT2D eigenvalue weighted by Gasteiger charge is 2.47. The Morgan fingerprint density at radius 2 is 2.06 bits per heavy atom. The number of hydrogen-bond donors (Lipinski definition) is 0. The lowest BCUT2D eigenvalue weighted by Gasteiger charge is -2.26. The van der Waals surface area contributed by atoms with Crippen molar-refractivity contribution >= 4 is 0 Å². The molecule has 0 N–H and O–H groups in total. The van der Waals surface area contributed by atoms with Gasteiger partial charge in [0.05, 0.1) is 0 Å². The fraction of sp³-hybridized carbons (Fsp3) is 0.600. The summed E-state index contributed by atoms with van der Waals surface area (Å²) < 4.78 is 0. The molecule has 0 bridgehead atoms. The van der Waals surface area contributed by atoms with Crippen molar-refractivity contribution in [2.45, 2.75) is 45.2 Å². The predicted octanol–water partition coefficient (Wildman–Crippen LogP) is 3.02. The fourth-order valence-corrected chi connectivity index (χ4v) is 3.16. The van der Waals surface area contributed by atoms with E-state index in [0.29, 0.717) is 0 Å². The van der Waals surface area contributed by atoms with Crippen LogP contribution >= 0.6 is 0 Å². The number of nitrogens with zero attached hydrogens (tertiary/aromatic N) is 1. The van der Waals surface area contributed by atoms with Crippen molar-refractivity contribution in [3.05, 3.63) is 35.4 Å². The van der Waals surface area contributed by atoms with Gasteiger partial charge >= 0.3 is 0 Å². The Hall–Kier alpha value is -0.820. The summed E-state index contributed by atoms with van der Waals surface area (Å²) in [6, 6.07) is 10.7. The first kappa shape index (κ1) is 10.3. The number of hydrogen-bond acceptors (Lipinski definition) is 1. The van der Waals surface area contributed by atoms with Crippen LogP contribution in [0.25, 0.3) is 0 Å². The molecule has 16 heavy (non-hydrogen) atoms. The van der Waals surface area contributed by atoms with Gasteiger partial charge in [0, 0.05) is 12.1 Å². The number of aryl methyl sites for hydroxylation is 1. The third-order valence-corrected chi connectivity index (χ3v) is 4.29. The Bertz CT molecular complexity index is 368. The molecular weight excluding hydrogens is 194 g/mol. The molecule has 0 aromatic heterocycles. The lowest BCUT2D eigenvalue weighted by molar-refractivity contribution is 0.226. The summed E-state index contributed by atoms with van der Waals surface area (Å²) in [5, 5.41) is 0. The maximum atomic E-state index is 2.73. The molecule has 1 nitrogen and oxygen atoms in total. The molecule has 3 unspecified atom stereocenters. The van der Waals surface area contributed by atoms with E-state index in [2.05, 4.69) is 43.0 Å². The zero-order chi connectivity index (χ0) is 11.1. The summed E-state index contributed by atoms with van der Waals surface area (Å²) >= 11 is 0. The van der Waals surface area contributed by atoms with E-state index >= 15 is 0 Å². The van der Waals surface area contributed by atoms with Crippen LogP contribution in [0.3, 0.4) is 0 Å². The number of piperidine rings is 1. The molecule has 1 heteroatoms. The van der Waals surface area contributed by atoms with Crippen molar-refractivity contribution in [3.63, 3.8) is 0 Å². The van der Waals surface area contributed by atoms with Gasteiger partial charge in [0.1, 0.15) is 0 Å². The SMILES string of the molecule is Cc1ccc(CC(C)N2CCC3CC32)cc1. The highest BCUT2D eigenvalue weighted by atomic mass is 15.2. The fourth-order valence-electron chi connectivity index (χ4n) is 3.16. The molecule has 1 aliphatic heterocycles. The summed E-state index contributed by atoms with van der Waals surface area (Å²) in [5.41, 5.74) is 2.85. The minimum absolute atomic E-state index is 0.722. The van der Waals surface area contributed by atoms with Crippen molar-refractivity contribution in [3.8, 4) is 0 Å². The van der Waals surface area contributed by atoms with Crippen molar-refractivity contribution in [1.29, 1.82) is 0 Å². The second-order valence-corrected chi connectivity index (χ2v) is 5.63. The first-order valence-electron chi connectivity index (χ1n) is 6.55. The Morgan fingerprint density at radius 3 is 2.62 bits per heavy atom. The molecule has 1 aromatic rings. The van der Waals surface area contributed by atoms with Crippen molar-refractivity contribution < 1.29 is 0 Å². The predicted molar refractivity (Wildman–Crippen MR) is 67.6 cm³/mol. The van der Waals surface area contributed by atoms with Crippen molar-refractivity contribution in [1.82, 2.24) is 4.90 Å². The monoisotopic (exact) mass is 215 g/mol. The van der Waals surface area contributed by atoms with Gasteiger partial charge in [0.2, 0.25) is 0 Å². The van der Waals surface area contributed by atoms with Gasteiger partial charge in [-0.25, -0.2) is 0 Å². The standard InChI is InChI=1S/C15H21N/c1-11-3-5-13(6-4-11)9-12(2)16-8-7-14-10-15(14)16/h3-6,12,14-15H,7-10H2,1-2H3. The largest absolute Gasteiger partial charge is 0.297 e. The number of fused-ring (bicyclic) bond motifs is 1. The number of likely N-dealkylation sites (tertiary alicyclic amines) is 1. The first-order valence-corrected chi connectivity index (χ1v) is 6.55. The van der Waals surface area contributed by atoms with Crippen molar-refractivity contribution in [2.75, 3.05) is 6.54 Å². The van der Waals surface area contributed by atoms with Gasteiger partial charge in [0.15, 0.2) is 0 Å². The molecule has 0 amide bonds. The molecule has 1 saturated carbocycles. The Labute approximate surface area is 98.5 Å². The Balaban J connectivity index is 1.63. The molecule has 3 rings (SSSR count). The van der Waals surface area contributed by atoms with E-state index in [4.69, 9.17) is 0 Å². The van der Waals surface area contributed by atoms with Gasteiger partial charge in [-0.15, -0.1) is 0 Å². The van der Waals surface area contributed by atoms with Crippen LogP contribution in [0.15, 0.2) is 24.3 Å². The van der Waals surface area contributed by atoms with Gasteiger partial charge in [-0.1, -0.05) is 29.8 Å². The molecule has 1 heterocycles. The Morgan fingerprint density at radius 1 is 1.31 bits per heavy atom. The van der Waals surface area contributed by atoms with E-state index < -0.39 is 0 Å². The molecule has 1 aliphatic carbocycles. The number of benzene rings is 1. The van der Waals surface area contributed by atoms with Crippen LogP contribution in [0.2, 0.25) is 0 Å². The molecule has 2 fully saturated rings. The van der Waals surface area contributed by atoms with Crippen molar-refractivity contribution in [2.24, 2.45) is 5.92 Å². The molecule has 2 aliphatic rings. The van der Waals surface area contributed by atoms with Crippen LogP contribution < -0.4 is 0 Å². The molecule has 1 saturated heterocycles. The minimum atomic E-state index is 0.722. The quantitative estimate of drug-likeness (QED) is 0.749. The smallest absolute Gasteiger partial charge is 0.0131 e. The normalized spacial score (nSPS) is 30.1. The highest BCUT2D eigenvalue weighted by Crippen LogP contribution is 2.45. The third kappa shape index (κ3) is 1.89. The summed E-state index contributed by atoms with van der Waals surface area (Å²) in [5.74, 6) is 1.06. The maximum absolute atomic E-state index is 2.73. The van der Waals surface area contributed by atoms with Crippen LogP contribution in [0.1, 0.15) is 30.9 Å². The van der Waals surface area contributed by atoms with Gasteiger partial charge in [0.25, 0.3) is 0 Å². The van der Waals surface area contributed by atoms with Crippen LogP contribution in [0.5, 0.6) is 0 Å². The first-order chi connectivity index (χ1) is 7.74. The van der Waals surface area contributed by atoms with Gasteiger partial charge in [-0.2, -0.15) is 0 Å². The van der Waals surface area contributed by atoms with Crippen LogP contribution in [-0.2, 0) is 6.42 Å². The molecular formula is C15H21N. The Kier molecular flexibility index (Phi) is 2.51. The summed E-state index contributed by atoms with van der Waals surface area (Å²) in [7, 11) is 0. The third-order valence-electron chi connectivity index (χ3n) is 4.29. The lowest BCUT2D eigenvalue weighted by atomic mass is 10.0. The van der Waals surface area contributed by atoms with E-state index in [-0.39, 0.29) is 0 Å². The molecule has 1 aromatic carbocycles. The zero-order valence-corrected chi connectivity index (χ0v) is 10.3. The maximum Gasteiger partial charge on any atom is 0.0131 e. The average Bonchev–Trinajstić information content (AvgIpc) is 2.93. The molecule has 0 radical (unpaired) electrons. The van der Waals surface area contributed by atoms with Crippen LogP contribution in [0, 0.1) is 12.8 Å². The summed E-state index contributed by atoms with van der Waals surface area (Å²) in [4.78, 5) is 2.73. The second-order valence-electron chi connectivity index (χ2n) is 5.63. The van der Waals surface area contributed by atoms with E-state index in [1.807, 2.05) is 0 Å². The molecule has 3 atom stereocenters. The van der Waals surface area contributed by atoms with Gasteiger partial charge in [-0.3, -0.25) is 4.90 Å². The van der Waals surface area contributed by atoms with E-state index in [1.165, 1.54) is 36.9 Å². The summed E-state index contributed by atoms with van der Waals surface area (Å²) in [6.45, 7) is 5.88. The average molecular weight is 215 g/mol. The minimum Gasteiger partial charge on any atom is -0.297 e. The lowest BCUT2D eigenvalue weighted by Crippen LogP contribution is -2.34. The second kappa shape index (κ2) is 3.89. The van der Waals surface area contributed by atoms with Crippen LogP contribution in [-0.4, -0.2) is 23.5 Å². The van der Waals surface area contributed by atoms with E-state index in [0.717, 1.165) is 18.0 Å². The molecule has 0 spiro atoms. The molecule has 86 valence electrons. The zero-order valence-electron chi connectivity index (χ0n) is 10.3. The van der Waals surface area contributed by atoms with E-state index in [1.54, 1.807) is 0 Å². The van der Waals surface area contributed by atoms with E-state index in [9.17, 15) is 0 Å². The summed E-state index contributed by atoms with van der Waals surface area (Å²) in [6.07, 6.45) is 4.13.